The van der Waals surface area contributed by atoms with Crippen LogP contribution in [-0.4, -0.2) is 9.97 Å². The van der Waals surface area contributed by atoms with Crippen LogP contribution in [0.3, 0.4) is 0 Å². The molecule has 0 amide bonds. The van der Waals surface area contributed by atoms with Crippen LogP contribution in [0.5, 0.6) is 0 Å². The normalized spacial score (nSPS) is 12.9. The van der Waals surface area contributed by atoms with Gasteiger partial charge in [0, 0.05) is 5.56 Å². The van der Waals surface area contributed by atoms with E-state index in [1.54, 1.807) is 0 Å². The predicted octanol–water partition coefficient (Wildman–Crippen LogP) is 1.97. The molecule has 1 heterocycles. The molecule has 0 saturated heterocycles. The molecule has 0 unspecified atom stereocenters. The van der Waals surface area contributed by atoms with Crippen molar-refractivity contribution in [2.45, 2.75) is 26.2 Å². The standard InChI is InChI=1S/C14H16N4/c1-2-8-3-5-10-9(7-8)4-6-11-12(10)13(15)18-14(16)17-11/h3,5,7H,2,4,6H2,1H3,(H4,15,16,17,18). The van der Waals surface area contributed by atoms with Crippen LogP contribution >= 0.6 is 0 Å². The number of nitrogens with two attached hydrogens (primary N) is 2. The van der Waals surface area contributed by atoms with E-state index in [2.05, 4.69) is 35.1 Å². The maximum absolute atomic E-state index is 6.00. The molecule has 1 aromatic carbocycles. The van der Waals surface area contributed by atoms with Gasteiger partial charge in [0.2, 0.25) is 5.95 Å². The van der Waals surface area contributed by atoms with E-state index >= 15 is 0 Å². The van der Waals surface area contributed by atoms with Crippen molar-refractivity contribution < 1.29 is 0 Å². The zero-order valence-electron chi connectivity index (χ0n) is 10.4. The Morgan fingerprint density at radius 2 is 2.00 bits per heavy atom. The minimum atomic E-state index is 0.264. The van der Waals surface area contributed by atoms with Crippen molar-refractivity contribution in [3.05, 3.63) is 35.0 Å². The van der Waals surface area contributed by atoms with Crippen molar-refractivity contribution in [2.75, 3.05) is 11.5 Å². The first-order chi connectivity index (χ1) is 8.69. The molecule has 0 aliphatic heterocycles. The predicted molar refractivity (Wildman–Crippen MR) is 73.1 cm³/mol. The summed E-state index contributed by atoms with van der Waals surface area (Å²) >= 11 is 0. The first kappa shape index (κ1) is 11.0. The Kier molecular flexibility index (Phi) is 2.44. The van der Waals surface area contributed by atoms with E-state index in [1.165, 1.54) is 11.1 Å². The lowest BCUT2D eigenvalue weighted by Gasteiger charge is -2.21. The van der Waals surface area contributed by atoms with Gasteiger partial charge in [-0.05, 0) is 36.0 Å². The van der Waals surface area contributed by atoms with Crippen LogP contribution < -0.4 is 11.5 Å². The van der Waals surface area contributed by atoms with Gasteiger partial charge in [-0.1, -0.05) is 25.1 Å². The Hall–Kier alpha value is -2.10. The summed E-state index contributed by atoms with van der Waals surface area (Å²) in [5.41, 5.74) is 17.4. The zero-order valence-corrected chi connectivity index (χ0v) is 10.4. The van der Waals surface area contributed by atoms with Gasteiger partial charge in [-0.3, -0.25) is 0 Å². The summed E-state index contributed by atoms with van der Waals surface area (Å²) in [7, 11) is 0. The number of aryl methyl sites for hydroxylation is 3. The number of nitrogens with zero attached hydrogens (tertiary/aromatic N) is 2. The molecule has 4 heteroatoms. The highest BCUT2D eigenvalue weighted by Gasteiger charge is 2.21. The minimum Gasteiger partial charge on any atom is -0.383 e. The number of benzene rings is 1. The van der Waals surface area contributed by atoms with Crippen LogP contribution in [0.4, 0.5) is 11.8 Å². The van der Waals surface area contributed by atoms with Crippen molar-refractivity contribution in [1.82, 2.24) is 9.97 Å². The summed E-state index contributed by atoms with van der Waals surface area (Å²) in [6, 6.07) is 6.53. The van der Waals surface area contributed by atoms with Crippen LogP contribution in [-0.2, 0) is 19.3 Å². The van der Waals surface area contributed by atoms with Crippen LogP contribution in [0.1, 0.15) is 23.7 Å². The minimum absolute atomic E-state index is 0.264. The third-order valence-corrected chi connectivity index (χ3v) is 3.51. The lowest BCUT2D eigenvalue weighted by atomic mass is 9.87. The number of nitrogen functional groups attached to an aromatic ring is 2. The van der Waals surface area contributed by atoms with Gasteiger partial charge < -0.3 is 11.5 Å². The average molecular weight is 240 g/mol. The van der Waals surface area contributed by atoms with Gasteiger partial charge in [-0.2, -0.15) is 4.98 Å². The van der Waals surface area contributed by atoms with Gasteiger partial charge in [-0.15, -0.1) is 0 Å². The number of fused-ring (bicyclic) bond motifs is 3. The summed E-state index contributed by atoms with van der Waals surface area (Å²) in [6.45, 7) is 2.16. The highest BCUT2D eigenvalue weighted by atomic mass is 15.0. The first-order valence-electron chi connectivity index (χ1n) is 6.23. The van der Waals surface area contributed by atoms with E-state index in [4.69, 9.17) is 11.5 Å². The molecule has 4 N–H and O–H groups in total. The highest BCUT2D eigenvalue weighted by molar-refractivity contribution is 5.80. The fourth-order valence-corrected chi connectivity index (χ4v) is 2.59. The van der Waals surface area contributed by atoms with Gasteiger partial charge in [0.05, 0.1) is 5.69 Å². The zero-order chi connectivity index (χ0) is 12.7. The lowest BCUT2D eigenvalue weighted by molar-refractivity contribution is 0.886. The van der Waals surface area contributed by atoms with E-state index in [1.807, 2.05) is 0 Å². The Morgan fingerprint density at radius 1 is 1.17 bits per heavy atom. The van der Waals surface area contributed by atoms with Crippen molar-refractivity contribution in [3.63, 3.8) is 0 Å². The van der Waals surface area contributed by atoms with E-state index in [9.17, 15) is 0 Å². The smallest absolute Gasteiger partial charge is 0.222 e. The molecule has 0 fully saturated rings. The number of aromatic nitrogens is 2. The summed E-state index contributed by atoms with van der Waals surface area (Å²) in [4.78, 5) is 8.38. The molecular formula is C14H16N4. The van der Waals surface area contributed by atoms with E-state index in [0.717, 1.165) is 36.1 Å². The fourth-order valence-electron chi connectivity index (χ4n) is 2.59. The Labute approximate surface area is 106 Å². The summed E-state index contributed by atoms with van der Waals surface area (Å²) in [5.74, 6) is 0.752. The SMILES string of the molecule is CCc1ccc2c(c1)CCc1nc(N)nc(N)c1-2. The van der Waals surface area contributed by atoms with E-state index in [0.29, 0.717) is 5.82 Å². The van der Waals surface area contributed by atoms with Crippen LogP contribution in [0.15, 0.2) is 18.2 Å². The molecule has 0 spiro atoms. The molecule has 3 rings (SSSR count). The molecule has 1 aromatic heterocycles. The summed E-state index contributed by atoms with van der Waals surface area (Å²) in [6.07, 6.45) is 2.92. The molecule has 0 saturated carbocycles. The maximum atomic E-state index is 6.00. The van der Waals surface area contributed by atoms with Gasteiger partial charge in [-0.25, -0.2) is 4.98 Å². The fraction of sp³-hybridized carbons (Fsp3) is 0.286. The molecule has 4 nitrogen and oxygen atoms in total. The quantitative estimate of drug-likeness (QED) is 0.798. The van der Waals surface area contributed by atoms with Gasteiger partial charge >= 0.3 is 0 Å². The largest absolute Gasteiger partial charge is 0.383 e. The second-order valence-electron chi connectivity index (χ2n) is 4.63. The van der Waals surface area contributed by atoms with Crippen LogP contribution in [0.2, 0.25) is 0 Å². The molecule has 1 aliphatic carbocycles. The third kappa shape index (κ3) is 1.61. The maximum Gasteiger partial charge on any atom is 0.222 e. The molecule has 2 aromatic rings. The topological polar surface area (TPSA) is 77.8 Å². The Balaban J connectivity index is 2.22. The van der Waals surface area contributed by atoms with Gasteiger partial charge in [0.25, 0.3) is 0 Å². The summed E-state index contributed by atoms with van der Waals surface area (Å²) < 4.78 is 0. The van der Waals surface area contributed by atoms with Crippen molar-refractivity contribution >= 4 is 11.8 Å². The molecule has 92 valence electrons. The molecule has 0 bridgehead atoms. The van der Waals surface area contributed by atoms with Gasteiger partial charge in [0.15, 0.2) is 0 Å². The molecule has 0 atom stereocenters. The van der Waals surface area contributed by atoms with Crippen molar-refractivity contribution in [2.24, 2.45) is 0 Å². The number of hydrogen-bond acceptors (Lipinski definition) is 4. The average Bonchev–Trinajstić information content (AvgIpc) is 2.37. The van der Waals surface area contributed by atoms with Gasteiger partial charge in [0.1, 0.15) is 5.82 Å². The number of anilines is 2. The highest BCUT2D eigenvalue weighted by Crippen LogP contribution is 2.36. The molecular weight excluding hydrogens is 224 g/mol. The van der Waals surface area contributed by atoms with E-state index in [-0.39, 0.29) is 5.95 Å². The van der Waals surface area contributed by atoms with Crippen molar-refractivity contribution in [1.29, 1.82) is 0 Å². The van der Waals surface area contributed by atoms with Crippen LogP contribution in [0.25, 0.3) is 11.1 Å². The molecule has 18 heavy (non-hydrogen) atoms. The second-order valence-corrected chi connectivity index (χ2v) is 4.63. The molecule has 1 aliphatic rings. The van der Waals surface area contributed by atoms with Crippen LogP contribution in [0, 0.1) is 0 Å². The second kappa shape index (κ2) is 3.98. The van der Waals surface area contributed by atoms with E-state index < -0.39 is 0 Å². The number of rotatable bonds is 1. The molecule has 0 radical (unpaired) electrons. The number of hydrogen-bond donors (Lipinski definition) is 2. The third-order valence-electron chi connectivity index (χ3n) is 3.51. The lowest BCUT2D eigenvalue weighted by Crippen LogP contribution is -2.12. The monoisotopic (exact) mass is 240 g/mol. The first-order valence-corrected chi connectivity index (χ1v) is 6.23. The summed E-state index contributed by atoms with van der Waals surface area (Å²) in [5, 5.41) is 0. The van der Waals surface area contributed by atoms with Crippen molar-refractivity contribution in [3.8, 4) is 11.1 Å². The Bertz CT molecular complexity index is 619. The Morgan fingerprint density at radius 3 is 2.78 bits per heavy atom.